The van der Waals surface area contributed by atoms with Crippen molar-refractivity contribution in [3.05, 3.63) is 46.8 Å². The van der Waals surface area contributed by atoms with E-state index in [1.807, 2.05) is 18.2 Å². The van der Waals surface area contributed by atoms with Crippen LogP contribution in [-0.4, -0.2) is 41.6 Å². The zero-order chi connectivity index (χ0) is 19.4. The van der Waals surface area contributed by atoms with Crippen LogP contribution in [0.2, 0.25) is 0 Å². The van der Waals surface area contributed by atoms with Gasteiger partial charge in [-0.1, -0.05) is 23.7 Å². The van der Waals surface area contributed by atoms with Crippen molar-refractivity contribution >= 4 is 17.6 Å². The lowest BCUT2D eigenvalue weighted by Crippen LogP contribution is -2.44. The molecule has 1 aromatic carbocycles. The molecule has 0 aliphatic carbocycles. The zero-order valence-electron chi connectivity index (χ0n) is 15.9. The fourth-order valence-corrected chi connectivity index (χ4v) is 3.48. The number of nitrogens with one attached hydrogen (secondary N) is 1. The first-order chi connectivity index (χ1) is 13.0. The van der Waals surface area contributed by atoms with Crippen LogP contribution in [0.1, 0.15) is 46.6 Å². The average molecular weight is 371 g/mol. The first kappa shape index (κ1) is 19.1. The maximum Gasteiger partial charge on any atom is 0.323 e. The number of carbonyl (C=O) groups is 2. The highest BCUT2D eigenvalue weighted by Gasteiger charge is 2.29. The van der Waals surface area contributed by atoms with Gasteiger partial charge < -0.3 is 14.6 Å². The normalized spacial score (nSPS) is 17.5. The van der Waals surface area contributed by atoms with E-state index in [4.69, 9.17) is 9.26 Å². The molecule has 1 N–H and O–H groups in total. The van der Waals surface area contributed by atoms with Crippen LogP contribution in [0, 0.1) is 13.8 Å². The molecule has 3 rings (SSSR count). The number of rotatable bonds is 5. The minimum Gasteiger partial charge on any atom is -0.468 e. The van der Waals surface area contributed by atoms with Gasteiger partial charge in [-0.25, -0.2) is 0 Å². The fourth-order valence-electron chi connectivity index (χ4n) is 3.48. The topological polar surface area (TPSA) is 84.7 Å². The highest BCUT2D eigenvalue weighted by atomic mass is 16.5. The number of nitrogens with zero attached hydrogens (tertiary/aromatic N) is 2. The van der Waals surface area contributed by atoms with Gasteiger partial charge in [0, 0.05) is 12.1 Å². The van der Waals surface area contributed by atoms with Crippen molar-refractivity contribution in [3.8, 4) is 0 Å². The highest BCUT2D eigenvalue weighted by Crippen LogP contribution is 2.22. The second kappa shape index (κ2) is 8.35. The Morgan fingerprint density at radius 2 is 2.15 bits per heavy atom. The lowest BCUT2D eigenvalue weighted by molar-refractivity contribution is -0.148. The van der Waals surface area contributed by atoms with Crippen LogP contribution >= 0.6 is 0 Å². The summed E-state index contributed by atoms with van der Waals surface area (Å²) in [6.07, 6.45) is 2.88. The Morgan fingerprint density at radius 1 is 1.33 bits per heavy atom. The summed E-state index contributed by atoms with van der Waals surface area (Å²) in [5, 5.41) is 6.71. The molecule has 7 nitrogen and oxygen atoms in total. The average Bonchev–Trinajstić information content (AvgIpc) is 3.00. The van der Waals surface area contributed by atoms with Gasteiger partial charge >= 0.3 is 5.97 Å². The molecule has 2 aromatic rings. The first-order valence-electron chi connectivity index (χ1n) is 9.14. The second-order valence-electron chi connectivity index (χ2n) is 6.86. The van der Waals surface area contributed by atoms with E-state index in [1.165, 1.54) is 7.11 Å². The number of piperidine rings is 1. The van der Waals surface area contributed by atoms with Crippen LogP contribution in [0.4, 0.5) is 5.69 Å². The molecule has 1 fully saturated rings. The van der Waals surface area contributed by atoms with E-state index >= 15 is 0 Å². The van der Waals surface area contributed by atoms with E-state index in [1.54, 1.807) is 19.9 Å². The van der Waals surface area contributed by atoms with E-state index in [9.17, 15) is 9.59 Å². The lowest BCUT2D eigenvalue weighted by atomic mass is 10.0. The number of methoxy groups -OCH3 is 1. The van der Waals surface area contributed by atoms with Crippen molar-refractivity contribution in [1.29, 1.82) is 0 Å². The number of esters is 1. The van der Waals surface area contributed by atoms with Crippen LogP contribution in [0.15, 0.2) is 28.8 Å². The molecule has 27 heavy (non-hydrogen) atoms. The Hall–Kier alpha value is -2.67. The number of carbonyl (C=O) groups excluding carboxylic acids is 2. The Bertz CT molecular complexity index is 811. The summed E-state index contributed by atoms with van der Waals surface area (Å²) in [6.45, 7) is 4.99. The van der Waals surface area contributed by atoms with Crippen molar-refractivity contribution in [1.82, 2.24) is 10.1 Å². The molecular weight excluding hydrogens is 346 g/mol. The molecule has 144 valence electrons. The summed E-state index contributed by atoms with van der Waals surface area (Å²) in [4.78, 5) is 26.8. The summed E-state index contributed by atoms with van der Waals surface area (Å²) in [7, 11) is 1.43. The number of aryl methyl sites for hydroxylation is 2. The molecule has 0 bridgehead atoms. The van der Waals surface area contributed by atoms with Crippen molar-refractivity contribution < 1.29 is 18.8 Å². The van der Waals surface area contributed by atoms with Gasteiger partial charge in [0.05, 0.1) is 7.11 Å². The van der Waals surface area contributed by atoms with E-state index in [0.29, 0.717) is 29.2 Å². The van der Waals surface area contributed by atoms with Crippen LogP contribution in [0.25, 0.3) is 0 Å². The number of benzene rings is 1. The number of hydrogen-bond acceptors (Lipinski definition) is 6. The minimum atomic E-state index is -0.219. The summed E-state index contributed by atoms with van der Waals surface area (Å²) in [5.41, 5.74) is 2.79. The van der Waals surface area contributed by atoms with Gasteiger partial charge in [0.2, 0.25) is 0 Å². The van der Waals surface area contributed by atoms with E-state index in [0.717, 1.165) is 31.4 Å². The molecule has 1 aromatic heterocycles. The van der Waals surface area contributed by atoms with Gasteiger partial charge in [-0.05, 0) is 50.9 Å². The summed E-state index contributed by atoms with van der Waals surface area (Å²) >= 11 is 0. The van der Waals surface area contributed by atoms with Gasteiger partial charge in [0.15, 0.2) is 5.76 Å². The molecule has 0 spiro atoms. The molecule has 0 radical (unpaired) electrons. The maximum atomic E-state index is 12.6. The number of aromatic nitrogens is 1. The fraction of sp³-hybridized carbons (Fsp3) is 0.450. The third-order valence-corrected chi connectivity index (χ3v) is 4.93. The zero-order valence-corrected chi connectivity index (χ0v) is 15.9. The molecule has 7 heteroatoms. The van der Waals surface area contributed by atoms with E-state index in [2.05, 4.69) is 15.4 Å². The third-order valence-electron chi connectivity index (χ3n) is 4.93. The Kier molecular flexibility index (Phi) is 5.91. The molecule has 2 heterocycles. The largest absolute Gasteiger partial charge is 0.468 e. The molecular formula is C20H25N3O4. The number of ether oxygens (including phenoxy) is 1. The number of likely N-dealkylation sites (tertiary alicyclic amines) is 1. The molecule has 1 aliphatic rings. The number of amides is 1. The Labute approximate surface area is 158 Å². The summed E-state index contributed by atoms with van der Waals surface area (Å²) < 4.78 is 10.0. The first-order valence-corrected chi connectivity index (χ1v) is 9.14. The molecule has 0 unspecified atom stereocenters. The summed E-state index contributed by atoms with van der Waals surface area (Å²) in [5.74, 6) is 0.169. The van der Waals surface area contributed by atoms with Gasteiger partial charge in [-0.2, -0.15) is 0 Å². The van der Waals surface area contributed by atoms with Crippen molar-refractivity contribution in [3.63, 3.8) is 0 Å². The second-order valence-corrected chi connectivity index (χ2v) is 6.86. The van der Waals surface area contributed by atoms with Gasteiger partial charge in [0.25, 0.3) is 5.91 Å². The lowest BCUT2D eigenvalue weighted by Gasteiger charge is -2.33. The van der Waals surface area contributed by atoms with E-state index in [-0.39, 0.29) is 17.9 Å². The van der Waals surface area contributed by atoms with Crippen LogP contribution in [-0.2, 0) is 16.1 Å². The molecule has 1 amide bonds. The van der Waals surface area contributed by atoms with Gasteiger partial charge in [-0.15, -0.1) is 0 Å². The van der Waals surface area contributed by atoms with Gasteiger partial charge in [0.1, 0.15) is 17.4 Å². The highest BCUT2D eigenvalue weighted by molar-refractivity contribution is 6.04. The van der Waals surface area contributed by atoms with Crippen molar-refractivity contribution in [2.75, 3.05) is 19.0 Å². The minimum absolute atomic E-state index is 0.193. The monoisotopic (exact) mass is 371 g/mol. The number of hydrogen-bond donors (Lipinski definition) is 1. The van der Waals surface area contributed by atoms with Crippen LogP contribution in [0.5, 0.6) is 0 Å². The third kappa shape index (κ3) is 4.36. The quantitative estimate of drug-likeness (QED) is 0.813. The molecule has 1 saturated heterocycles. The number of anilines is 1. The Morgan fingerprint density at radius 3 is 2.85 bits per heavy atom. The van der Waals surface area contributed by atoms with Crippen molar-refractivity contribution in [2.24, 2.45) is 0 Å². The van der Waals surface area contributed by atoms with Crippen LogP contribution < -0.4 is 5.32 Å². The molecule has 0 saturated carbocycles. The molecule has 1 aliphatic heterocycles. The standard InChI is InChI=1S/C20H25N3O4/c1-13-18(14(2)27-22-13)21-19(24)16-8-6-7-15(11-16)12-23-10-5-4-9-17(23)20(25)26-3/h6-8,11,17H,4-5,9-10,12H2,1-3H3,(H,21,24)/t17-/m1/s1. The Balaban J connectivity index is 1.73. The van der Waals surface area contributed by atoms with Crippen molar-refractivity contribution in [2.45, 2.75) is 45.7 Å². The smallest absolute Gasteiger partial charge is 0.323 e. The predicted octanol–water partition coefficient (Wildman–Crippen LogP) is 3.07. The predicted molar refractivity (Wildman–Crippen MR) is 100 cm³/mol. The van der Waals surface area contributed by atoms with Crippen LogP contribution in [0.3, 0.4) is 0 Å². The maximum absolute atomic E-state index is 12.6. The molecule has 1 atom stereocenters. The summed E-state index contributed by atoms with van der Waals surface area (Å²) in [6, 6.07) is 7.23. The van der Waals surface area contributed by atoms with E-state index < -0.39 is 0 Å². The SMILES string of the molecule is COC(=O)[C@H]1CCCCN1Cc1cccc(C(=O)Nc2c(C)noc2C)c1. The van der Waals surface area contributed by atoms with Gasteiger partial charge in [-0.3, -0.25) is 14.5 Å².